The fourth-order valence-corrected chi connectivity index (χ4v) is 5.93. The summed E-state index contributed by atoms with van der Waals surface area (Å²) in [4.78, 5) is 30.3. The Kier molecular flexibility index (Phi) is 13.6. The van der Waals surface area contributed by atoms with Gasteiger partial charge in [-0.25, -0.2) is 4.79 Å². The molecule has 0 saturated heterocycles. The zero-order chi connectivity index (χ0) is 33.3. The number of hydrogen-bond donors (Lipinski definition) is 2. The maximum Gasteiger partial charge on any atom is 0.572 e. The second-order valence-corrected chi connectivity index (χ2v) is 12.7. The molecule has 0 aromatic carbocycles. The fourth-order valence-electron chi connectivity index (χ4n) is 5.21. The summed E-state index contributed by atoms with van der Waals surface area (Å²) in [6.07, 6.45) is 9.55. The molecule has 0 heterocycles. The number of carbonyl (C=O) groups excluding carboxylic acids is 2. The number of halogens is 6. The molecule has 5 unspecified atom stereocenters. The van der Waals surface area contributed by atoms with Crippen molar-refractivity contribution in [1.82, 2.24) is 5.32 Å². The van der Waals surface area contributed by atoms with Crippen LogP contribution in [0.1, 0.15) is 58.8 Å². The Bertz CT molecular complexity index is 1360. The van der Waals surface area contributed by atoms with Crippen LogP contribution in [0.3, 0.4) is 0 Å². The minimum Gasteiger partial charge on any atom is -0.466 e. The van der Waals surface area contributed by atoms with E-state index in [1.807, 2.05) is 19.1 Å². The molecule has 0 aromatic rings. The van der Waals surface area contributed by atoms with E-state index in [4.69, 9.17) is 49.9 Å². The van der Waals surface area contributed by atoms with Gasteiger partial charge in [0, 0.05) is 39.6 Å². The Morgan fingerprint density at radius 2 is 1.89 bits per heavy atom. The van der Waals surface area contributed by atoms with Gasteiger partial charge in [-0.15, -0.1) is 24.8 Å². The smallest absolute Gasteiger partial charge is 0.466 e. The molecule has 45 heavy (non-hydrogen) atoms. The third-order valence-corrected chi connectivity index (χ3v) is 8.79. The average molecular weight is 691 g/mol. The molecule has 246 valence electrons. The van der Waals surface area contributed by atoms with Crippen molar-refractivity contribution in [3.8, 4) is 0 Å². The van der Waals surface area contributed by atoms with Gasteiger partial charge in [0.25, 0.3) is 5.91 Å². The summed E-state index contributed by atoms with van der Waals surface area (Å²) in [5.74, 6) is -2.44. The number of amides is 1. The number of rotatable bonds is 12. The van der Waals surface area contributed by atoms with Gasteiger partial charge in [0.1, 0.15) is 11.5 Å². The van der Waals surface area contributed by atoms with Crippen LogP contribution in [0.2, 0.25) is 0 Å². The lowest BCUT2D eigenvalue weighted by Crippen LogP contribution is -2.45. The Balaban J connectivity index is 1.81. The van der Waals surface area contributed by atoms with Crippen LogP contribution in [0.25, 0.3) is 0 Å². The van der Waals surface area contributed by atoms with E-state index in [0.29, 0.717) is 47.9 Å². The molecule has 0 radical (unpaired) electrons. The molecule has 1 amide bonds. The van der Waals surface area contributed by atoms with Crippen molar-refractivity contribution in [3.63, 3.8) is 0 Å². The van der Waals surface area contributed by atoms with Crippen LogP contribution in [0.4, 0.5) is 13.2 Å². The van der Waals surface area contributed by atoms with Crippen molar-refractivity contribution in [2.24, 2.45) is 16.8 Å². The zero-order valence-electron chi connectivity index (χ0n) is 25.2. The monoisotopic (exact) mass is 689 g/mol. The van der Waals surface area contributed by atoms with E-state index in [1.54, 1.807) is 19.1 Å². The number of carbonyl (C=O) groups is 2. The Labute approximate surface area is 276 Å². The number of nitrogens with zero attached hydrogens (tertiary/aromatic N) is 1. The van der Waals surface area contributed by atoms with Crippen molar-refractivity contribution in [2.45, 2.75) is 82.6 Å². The van der Waals surface area contributed by atoms with Gasteiger partial charge in [-0.05, 0) is 62.2 Å². The average Bonchev–Trinajstić information content (AvgIpc) is 2.98. The minimum atomic E-state index is -4.76. The number of nitrogens with one attached hydrogen (secondary N) is 2. The second-order valence-electron chi connectivity index (χ2n) is 11.2. The van der Waals surface area contributed by atoms with E-state index >= 15 is 0 Å². The third-order valence-electron chi connectivity index (χ3n) is 7.77. The summed E-state index contributed by atoms with van der Waals surface area (Å²) in [5, 5.41) is 12.7. The molecule has 5 atom stereocenters. The Hall–Kier alpha value is -2.82. The van der Waals surface area contributed by atoms with Gasteiger partial charge in [-0.3, -0.25) is 15.2 Å². The molecular formula is C32H37Cl3F3N3O4. The number of alkyl halides is 4. The first-order chi connectivity index (χ1) is 21.2. The van der Waals surface area contributed by atoms with Gasteiger partial charge in [0.2, 0.25) is 0 Å². The number of esters is 1. The van der Waals surface area contributed by atoms with Gasteiger partial charge in [-0.1, -0.05) is 66.9 Å². The van der Waals surface area contributed by atoms with Crippen LogP contribution in [-0.2, 0) is 19.1 Å². The number of aliphatic imine (C=N–C) groups is 1. The highest BCUT2D eigenvalue weighted by Gasteiger charge is 2.33. The predicted molar refractivity (Wildman–Crippen MR) is 172 cm³/mol. The molecule has 0 aliphatic heterocycles. The number of ether oxygens (including phenoxy) is 2. The second kappa shape index (κ2) is 16.7. The van der Waals surface area contributed by atoms with E-state index in [9.17, 15) is 22.8 Å². The first-order valence-corrected chi connectivity index (χ1v) is 15.8. The summed E-state index contributed by atoms with van der Waals surface area (Å²) in [5.41, 5.74) is 2.11. The summed E-state index contributed by atoms with van der Waals surface area (Å²) >= 11 is 18.9. The highest BCUT2D eigenvalue weighted by molar-refractivity contribution is 6.43. The summed E-state index contributed by atoms with van der Waals surface area (Å²) < 4.78 is 46.5. The molecule has 0 bridgehead atoms. The van der Waals surface area contributed by atoms with Gasteiger partial charge in [-0.2, -0.15) is 0 Å². The number of methoxy groups -OCH3 is 1. The van der Waals surface area contributed by atoms with Crippen LogP contribution in [0.5, 0.6) is 0 Å². The highest BCUT2D eigenvalue weighted by Crippen LogP contribution is 2.32. The zero-order valence-corrected chi connectivity index (χ0v) is 27.5. The molecule has 13 heteroatoms. The maximum absolute atomic E-state index is 13.5. The largest absolute Gasteiger partial charge is 0.572 e. The molecule has 0 spiro atoms. The standard InChI is InChI=1S/C32H37Cl3F3N3O4/c1-18(16-20-4-11-24(12-5-20)45-32(36,37)38)26(14-15-28(42)44-3)41-31(43)29(39)19(2)30(21-6-8-22(33)9-7-21)40-27-13-10-23(34)17-25(27)35/h4,6,10-11,14-15,17-19,22,26-27,39H,5,7-9,12-13,16H2,1-3H3,(H,41,43)/b15-14+,39-29?,40-30?. The van der Waals surface area contributed by atoms with Crippen molar-refractivity contribution in [3.05, 3.63) is 69.5 Å². The van der Waals surface area contributed by atoms with Crippen LogP contribution >= 0.6 is 34.8 Å². The lowest BCUT2D eigenvalue weighted by molar-refractivity contribution is -0.306. The lowest BCUT2D eigenvalue weighted by atomic mass is 9.86. The van der Waals surface area contributed by atoms with Gasteiger partial charge >= 0.3 is 12.3 Å². The maximum atomic E-state index is 13.5. The third kappa shape index (κ3) is 11.5. The van der Waals surface area contributed by atoms with E-state index in [-0.39, 0.29) is 29.2 Å². The molecule has 7 nitrogen and oxygen atoms in total. The van der Waals surface area contributed by atoms with E-state index in [1.165, 1.54) is 25.3 Å². The van der Waals surface area contributed by atoms with E-state index in [0.717, 1.165) is 17.6 Å². The first-order valence-electron chi connectivity index (χ1n) is 14.6. The highest BCUT2D eigenvalue weighted by atomic mass is 35.5. The number of allylic oxidation sites excluding steroid dienone is 8. The van der Waals surface area contributed by atoms with Gasteiger partial charge in [0.15, 0.2) is 0 Å². The predicted octanol–water partition coefficient (Wildman–Crippen LogP) is 8.20. The topological polar surface area (TPSA) is 101 Å². The van der Waals surface area contributed by atoms with Crippen molar-refractivity contribution in [2.75, 3.05) is 7.11 Å². The molecule has 0 fully saturated rings. The van der Waals surface area contributed by atoms with Gasteiger partial charge < -0.3 is 14.8 Å². The molecule has 3 aliphatic rings. The van der Waals surface area contributed by atoms with Crippen LogP contribution in [0.15, 0.2) is 74.5 Å². The molecule has 3 aliphatic carbocycles. The SMILES string of the molecule is COC(=O)/C=C/C(NC(=O)C(=N)C(C)C(=NC1CC=C(Cl)C=C1Cl)C1=CCC(Cl)CC1)C(C)CC1=CC=C(OC(F)(F)F)CC1. The molecule has 0 aromatic heterocycles. The Morgan fingerprint density at radius 1 is 1.16 bits per heavy atom. The quantitative estimate of drug-likeness (QED) is 0.0933. The normalized spacial score (nSPS) is 23.0. The minimum absolute atomic E-state index is 0.00433. The fraction of sp³-hybridized carbons (Fsp3) is 0.500. The summed E-state index contributed by atoms with van der Waals surface area (Å²) in [6, 6.07) is -1.11. The van der Waals surface area contributed by atoms with Crippen molar-refractivity contribution >= 4 is 58.1 Å². The molecule has 2 N–H and O–H groups in total. The van der Waals surface area contributed by atoms with E-state index in [2.05, 4.69) is 10.1 Å². The van der Waals surface area contributed by atoms with Crippen molar-refractivity contribution < 1.29 is 32.2 Å². The van der Waals surface area contributed by atoms with Crippen LogP contribution in [0, 0.1) is 17.2 Å². The molecule has 3 rings (SSSR count). The first kappa shape index (κ1) is 36.6. The number of hydrogen-bond acceptors (Lipinski definition) is 6. The summed E-state index contributed by atoms with van der Waals surface area (Å²) in [7, 11) is 1.23. The molecular weight excluding hydrogens is 654 g/mol. The van der Waals surface area contributed by atoms with Crippen LogP contribution < -0.4 is 5.32 Å². The van der Waals surface area contributed by atoms with Gasteiger partial charge in [0.05, 0.1) is 19.2 Å². The lowest BCUT2D eigenvalue weighted by Gasteiger charge is -2.27. The van der Waals surface area contributed by atoms with Crippen LogP contribution in [-0.4, -0.2) is 54.2 Å². The summed E-state index contributed by atoms with van der Waals surface area (Å²) in [6.45, 7) is 3.57. The van der Waals surface area contributed by atoms with Crippen molar-refractivity contribution in [1.29, 1.82) is 5.41 Å². The molecule has 0 saturated carbocycles. The van der Waals surface area contributed by atoms with E-state index < -0.39 is 36.2 Å². The Morgan fingerprint density at radius 3 is 2.47 bits per heavy atom.